The number of nitro benzene ring substituents is 1. The summed E-state index contributed by atoms with van der Waals surface area (Å²) in [4.78, 5) is 45.0. The van der Waals surface area contributed by atoms with Gasteiger partial charge in [-0.1, -0.05) is 18.2 Å². The molecule has 2 unspecified atom stereocenters. The van der Waals surface area contributed by atoms with Crippen LogP contribution in [0, 0.1) is 10.1 Å². The number of non-ortho nitro benzene ring substituents is 1. The van der Waals surface area contributed by atoms with Gasteiger partial charge in [0.25, 0.3) is 11.6 Å². The molecule has 0 fully saturated rings. The van der Waals surface area contributed by atoms with E-state index in [4.69, 9.17) is 15.5 Å². The first-order valence-corrected chi connectivity index (χ1v) is 12.5. The Kier molecular flexibility index (Phi) is 7.98. The smallest absolute Gasteiger partial charge is 0.405 e. The second-order valence-corrected chi connectivity index (χ2v) is 9.53. The van der Waals surface area contributed by atoms with Gasteiger partial charge >= 0.3 is 6.09 Å². The third-order valence-electron chi connectivity index (χ3n) is 5.24. The van der Waals surface area contributed by atoms with E-state index in [2.05, 4.69) is 10.3 Å². The van der Waals surface area contributed by atoms with Gasteiger partial charge < -0.3 is 15.8 Å². The Labute approximate surface area is 213 Å². The Bertz CT molecular complexity index is 1330. The molecule has 12 heteroatoms. The molecular formula is C24H21N5O5S2. The van der Waals surface area contributed by atoms with Crippen molar-refractivity contribution in [3.63, 3.8) is 0 Å². The van der Waals surface area contributed by atoms with Crippen LogP contribution in [0.5, 0.6) is 0 Å². The molecule has 1 aromatic carbocycles. The zero-order valence-corrected chi connectivity index (χ0v) is 20.4. The lowest BCUT2D eigenvalue weighted by atomic mass is 10.0. The summed E-state index contributed by atoms with van der Waals surface area (Å²) in [6.45, 7) is 0. The molecular weight excluding hydrogens is 502 g/mol. The third kappa shape index (κ3) is 6.49. The number of nitrogens with two attached hydrogens (primary N) is 1. The number of carbonyl (C=O) groups excluding carboxylic acids is 2. The monoisotopic (exact) mass is 523 g/mol. The van der Waals surface area contributed by atoms with E-state index in [0.29, 0.717) is 12.1 Å². The van der Waals surface area contributed by atoms with Crippen molar-refractivity contribution in [3.05, 3.63) is 98.6 Å². The number of hydrogen-bond acceptors (Lipinski definition) is 9. The van der Waals surface area contributed by atoms with Crippen molar-refractivity contribution >= 4 is 40.4 Å². The van der Waals surface area contributed by atoms with E-state index in [0.717, 1.165) is 21.0 Å². The van der Waals surface area contributed by atoms with Crippen molar-refractivity contribution in [2.45, 2.75) is 25.0 Å². The number of nitro groups is 1. The lowest BCUT2D eigenvalue weighted by molar-refractivity contribution is -0.384. The number of rotatable bonds is 10. The maximum atomic E-state index is 13.3. The molecule has 4 aromatic rings. The number of nitrogens with one attached hydrogen (secondary N) is 1. The van der Waals surface area contributed by atoms with Crippen molar-refractivity contribution in [1.82, 2.24) is 15.3 Å². The maximum absolute atomic E-state index is 13.3. The number of aromatic nitrogens is 2. The van der Waals surface area contributed by atoms with Crippen LogP contribution in [0.25, 0.3) is 9.88 Å². The summed E-state index contributed by atoms with van der Waals surface area (Å²) in [5, 5.41) is 18.6. The van der Waals surface area contributed by atoms with E-state index in [-0.39, 0.29) is 12.1 Å². The van der Waals surface area contributed by atoms with E-state index in [9.17, 15) is 19.7 Å². The molecule has 10 nitrogen and oxygen atoms in total. The topological polar surface area (TPSA) is 150 Å². The first kappa shape index (κ1) is 24.9. The van der Waals surface area contributed by atoms with Gasteiger partial charge in [0.15, 0.2) is 6.10 Å². The third-order valence-corrected chi connectivity index (χ3v) is 7.14. The summed E-state index contributed by atoms with van der Waals surface area (Å²) in [6.07, 6.45) is 1.35. The van der Waals surface area contributed by atoms with Gasteiger partial charge in [-0.2, -0.15) is 0 Å². The molecule has 0 aliphatic heterocycles. The van der Waals surface area contributed by atoms with Gasteiger partial charge in [-0.25, -0.2) is 9.78 Å². The van der Waals surface area contributed by atoms with Crippen molar-refractivity contribution < 1.29 is 19.2 Å². The average molecular weight is 524 g/mol. The highest BCUT2D eigenvalue weighted by molar-refractivity contribution is 7.20. The molecule has 0 saturated carbocycles. The summed E-state index contributed by atoms with van der Waals surface area (Å²) in [7, 11) is 0. The molecule has 0 saturated heterocycles. The highest BCUT2D eigenvalue weighted by atomic mass is 32.1. The first-order valence-electron chi connectivity index (χ1n) is 10.8. The van der Waals surface area contributed by atoms with Gasteiger partial charge in [-0.3, -0.25) is 19.9 Å². The van der Waals surface area contributed by atoms with Crippen LogP contribution in [-0.4, -0.2) is 33.0 Å². The zero-order valence-electron chi connectivity index (χ0n) is 18.8. The normalized spacial score (nSPS) is 12.4. The minimum absolute atomic E-state index is 0.0275. The van der Waals surface area contributed by atoms with Gasteiger partial charge in [-0.05, 0) is 41.1 Å². The number of pyridine rings is 1. The molecule has 3 aromatic heterocycles. The Morgan fingerprint density at radius 1 is 1.06 bits per heavy atom. The number of thiophene rings is 1. The van der Waals surface area contributed by atoms with Crippen LogP contribution in [0.2, 0.25) is 0 Å². The van der Waals surface area contributed by atoms with E-state index >= 15 is 0 Å². The molecule has 3 heterocycles. The van der Waals surface area contributed by atoms with Gasteiger partial charge in [0.05, 0.1) is 21.5 Å². The summed E-state index contributed by atoms with van der Waals surface area (Å²) in [5.74, 6) is -0.539. The second-order valence-electron chi connectivity index (χ2n) is 7.73. The quantitative estimate of drug-likeness (QED) is 0.233. The molecule has 0 spiro atoms. The predicted octanol–water partition coefficient (Wildman–Crippen LogP) is 4.28. The van der Waals surface area contributed by atoms with Crippen LogP contribution >= 0.6 is 22.7 Å². The lowest BCUT2D eigenvalue weighted by Gasteiger charge is -2.22. The number of amides is 2. The zero-order chi connectivity index (χ0) is 25.5. The van der Waals surface area contributed by atoms with E-state index in [1.54, 1.807) is 48.0 Å². The standard InChI is InChI=1S/C24H21N5O5S2/c25-24(31)34-20(13-16-7-9-26-10-8-16)22(30)27-18(12-15-3-5-17(6-4-15)29(32)33)19-14-36-23(28-19)21-2-1-11-35-21/h1-11,14,18,20H,12-13H2,(H2,25,31)(H,27,30). The van der Waals surface area contributed by atoms with Crippen LogP contribution < -0.4 is 11.1 Å². The van der Waals surface area contributed by atoms with Gasteiger partial charge in [0.2, 0.25) is 0 Å². The number of ether oxygens (including phenoxy) is 1. The fourth-order valence-corrected chi connectivity index (χ4v) is 5.19. The largest absolute Gasteiger partial charge is 0.436 e. The highest BCUT2D eigenvalue weighted by Crippen LogP contribution is 2.31. The van der Waals surface area contributed by atoms with Crippen LogP contribution in [0.15, 0.2) is 71.7 Å². The van der Waals surface area contributed by atoms with E-state index in [1.165, 1.54) is 23.5 Å². The van der Waals surface area contributed by atoms with Gasteiger partial charge in [-0.15, -0.1) is 22.7 Å². The first-order chi connectivity index (χ1) is 17.4. The average Bonchev–Trinajstić information content (AvgIpc) is 3.56. The fraction of sp³-hybridized carbons (Fsp3) is 0.167. The molecule has 3 N–H and O–H groups in total. The SMILES string of the molecule is NC(=O)OC(Cc1ccncc1)C(=O)NC(Cc1ccc([N+](=O)[O-])cc1)c1csc(-c2cccs2)n1. The summed E-state index contributed by atoms with van der Waals surface area (Å²) >= 11 is 3.00. The molecule has 2 amide bonds. The molecule has 36 heavy (non-hydrogen) atoms. The highest BCUT2D eigenvalue weighted by Gasteiger charge is 2.27. The Morgan fingerprint density at radius 2 is 1.78 bits per heavy atom. The van der Waals surface area contributed by atoms with Crippen molar-refractivity contribution in [3.8, 4) is 9.88 Å². The van der Waals surface area contributed by atoms with Crippen LogP contribution in [0.3, 0.4) is 0 Å². The number of thiazole rings is 1. The molecule has 0 aliphatic carbocycles. The summed E-state index contributed by atoms with van der Waals surface area (Å²) in [6, 6.07) is 12.8. The molecule has 0 bridgehead atoms. The summed E-state index contributed by atoms with van der Waals surface area (Å²) in [5.41, 5.74) is 7.33. The number of benzene rings is 1. The number of hydrogen-bond donors (Lipinski definition) is 2. The molecule has 4 rings (SSSR count). The Balaban J connectivity index is 1.59. The Morgan fingerprint density at radius 3 is 2.42 bits per heavy atom. The van der Waals surface area contributed by atoms with Crippen LogP contribution in [0.4, 0.5) is 10.5 Å². The molecule has 2 atom stereocenters. The minimum Gasteiger partial charge on any atom is -0.436 e. The van der Waals surface area contributed by atoms with E-state index in [1.807, 2.05) is 22.9 Å². The van der Waals surface area contributed by atoms with Crippen LogP contribution in [0.1, 0.15) is 22.9 Å². The molecule has 0 radical (unpaired) electrons. The van der Waals surface area contributed by atoms with Crippen molar-refractivity contribution in [1.29, 1.82) is 0 Å². The van der Waals surface area contributed by atoms with Gasteiger partial charge in [0.1, 0.15) is 5.01 Å². The van der Waals surface area contributed by atoms with Gasteiger partial charge in [0, 0.05) is 36.3 Å². The number of carbonyl (C=O) groups is 2. The number of primary amides is 1. The van der Waals surface area contributed by atoms with Crippen LogP contribution in [-0.2, 0) is 22.4 Å². The molecule has 0 aliphatic rings. The fourth-order valence-electron chi connectivity index (χ4n) is 3.50. The van der Waals surface area contributed by atoms with E-state index < -0.39 is 29.1 Å². The van der Waals surface area contributed by atoms with Crippen molar-refractivity contribution in [2.75, 3.05) is 0 Å². The Hall–Kier alpha value is -4.16. The maximum Gasteiger partial charge on any atom is 0.405 e. The summed E-state index contributed by atoms with van der Waals surface area (Å²) < 4.78 is 5.12. The minimum atomic E-state index is -1.17. The lowest BCUT2D eigenvalue weighted by Crippen LogP contribution is -2.42. The number of nitrogens with zero attached hydrogens (tertiary/aromatic N) is 3. The van der Waals surface area contributed by atoms with Crippen molar-refractivity contribution in [2.24, 2.45) is 5.73 Å². The molecule has 184 valence electrons. The second kappa shape index (κ2) is 11.5. The predicted molar refractivity (Wildman–Crippen MR) is 136 cm³/mol.